The number of anilines is 2. The Morgan fingerprint density at radius 3 is 2.54 bits per heavy atom. The van der Waals surface area contributed by atoms with Crippen LogP contribution in [0.3, 0.4) is 0 Å². The van der Waals surface area contributed by atoms with Crippen LogP contribution in [0.2, 0.25) is 0 Å². The van der Waals surface area contributed by atoms with Crippen LogP contribution >= 0.6 is 0 Å². The van der Waals surface area contributed by atoms with E-state index in [0.717, 1.165) is 11.1 Å². The zero-order chi connectivity index (χ0) is 25.0. The van der Waals surface area contributed by atoms with Crippen molar-refractivity contribution in [3.63, 3.8) is 0 Å². The molecule has 0 spiro atoms. The lowest BCUT2D eigenvalue weighted by Gasteiger charge is -2.11. The maximum absolute atomic E-state index is 12.6. The molecule has 0 saturated heterocycles. The molecule has 0 bridgehead atoms. The summed E-state index contributed by atoms with van der Waals surface area (Å²) in [7, 11) is -3.78. The predicted octanol–water partition coefficient (Wildman–Crippen LogP) is 2.63. The average Bonchev–Trinajstić information content (AvgIpc) is 3.34. The van der Waals surface area contributed by atoms with Gasteiger partial charge in [-0.05, 0) is 48.4 Å². The predicted molar refractivity (Wildman–Crippen MR) is 131 cm³/mol. The van der Waals surface area contributed by atoms with Gasteiger partial charge in [-0.1, -0.05) is 30.3 Å². The van der Waals surface area contributed by atoms with Gasteiger partial charge < -0.3 is 20.7 Å². The number of primary sulfonamides is 1. The van der Waals surface area contributed by atoms with Gasteiger partial charge in [0.2, 0.25) is 16.0 Å². The van der Waals surface area contributed by atoms with E-state index in [4.69, 9.17) is 5.14 Å². The van der Waals surface area contributed by atoms with Crippen molar-refractivity contribution in [2.24, 2.45) is 5.14 Å². The molecule has 6 N–H and O–H groups in total. The van der Waals surface area contributed by atoms with E-state index < -0.39 is 16.1 Å². The van der Waals surface area contributed by atoms with Crippen LogP contribution in [0.15, 0.2) is 78.0 Å². The van der Waals surface area contributed by atoms with Crippen molar-refractivity contribution < 1.29 is 18.3 Å². The molecule has 0 aliphatic rings. The summed E-state index contributed by atoms with van der Waals surface area (Å²) in [4.78, 5) is 24.3. The number of sulfonamides is 1. The van der Waals surface area contributed by atoms with Crippen molar-refractivity contribution in [2.75, 3.05) is 11.9 Å². The highest BCUT2D eigenvalue weighted by molar-refractivity contribution is 7.89. The van der Waals surface area contributed by atoms with E-state index >= 15 is 0 Å². The number of aryl methyl sites for hydroxylation is 1. The lowest BCUT2D eigenvalue weighted by molar-refractivity contribution is 0.0912. The van der Waals surface area contributed by atoms with Gasteiger partial charge in [0.15, 0.2) is 0 Å². The van der Waals surface area contributed by atoms with Crippen molar-refractivity contribution in [1.82, 2.24) is 20.3 Å². The molecule has 2 aromatic carbocycles. The van der Waals surface area contributed by atoms with Gasteiger partial charge in [0.05, 0.1) is 16.7 Å². The highest BCUT2D eigenvalue weighted by Gasteiger charge is 2.15. The zero-order valence-corrected chi connectivity index (χ0v) is 19.6. The summed E-state index contributed by atoms with van der Waals surface area (Å²) in [5.74, 6) is -0.0571. The second-order valence-electron chi connectivity index (χ2n) is 7.86. The minimum Gasteiger partial charge on any atom is -0.387 e. The van der Waals surface area contributed by atoms with Gasteiger partial charge in [0.25, 0.3) is 5.91 Å². The van der Waals surface area contributed by atoms with Crippen LogP contribution in [0.25, 0.3) is 11.3 Å². The van der Waals surface area contributed by atoms with E-state index in [9.17, 15) is 18.3 Å². The lowest BCUT2D eigenvalue weighted by Crippen LogP contribution is -2.28. The van der Waals surface area contributed by atoms with E-state index in [2.05, 4.69) is 25.6 Å². The number of rotatable bonds is 8. The number of benzene rings is 2. The van der Waals surface area contributed by atoms with Crippen molar-refractivity contribution in [3.05, 3.63) is 89.9 Å². The Balaban J connectivity index is 1.45. The number of nitrogens with two attached hydrogens (primary N) is 1. The molecule has 0 saturated carbocycles. The molecule has 1 unspecified atom stereocenters. The monoisotopic (exact) mass is 492 g/mol. The van der Waals surface area contributed by atoms with Crippen molar-refractivity contribution in [2.45, 2.75) is 17.9 Å². The van der Waals surface area contributed by atoms with Crippen LogP contribution in [0, 0.1) is 6.92 Å². The highest BCUT2D eigenvalue weighted by Crippen LogP contribution is 2.24. The number of H-pyrrole nitrogens is 1. The first-order valence-electron chi connectivity index (χ1n) is 10.6. The number of hydrogen-bond acceptors (Lipinski definition) is 7. The van der Waals surface area contributed by atoms with E-state index in [0.29, 0.717) is 28.6 Å². The molecule has 0 aliphatic heterocycles. The molecule has 4 aromatic rings. The number of amides is 1. The zero-order valence-electron chi connectivity index (χ0n) is 18.8. The Bertz CT molecular complexity index is 1440. The fourth-order valence-electron chi connectivity index (χ4n) is 3.39. The van der Waals surface area contributed by atoms with Crippen LogP contribution in [0.1, 0.15) is 27.7 Å². The van der Waals surface area contributed by atoms with Crippen LogP contribution in [0.4, 0.5) is 11.6 Å². The fourth-order valence-corrected chi connectivity index (χ4v) is 3.91. The summed E-state index contributed by atoms with van der Waals surface area (Å²) >= 11 is 0. The highest BCUT2D eigenvalue weighted by atomic mass is 32.2. The lowest BCUT2D eigenvalue weighted by atomic mass is 10.1. The number of aromatic nitrogens is 3. The largest absolute Gasteiger partial charge is 0.387 e. The molecule has 1 amide bonds. The number of hydrogen-bond donors (Lipinski definition) is 5. The third-order valence-electron chi connectivity index (χ3n) is 5.25. The molecule has 11 heteroatoms. The first kappa shape index (κ1) is 24.1. The summed E-state index contributed by atoms with van der Waals surface area (Å²) in [6.07, 6.45) is 2.50. The molecule has 0 radical (unpaired) electrons. The number of nitrogens with one attached hydrogen (secondary N) is 3. The third-order valence-corrected chi connectivity index (χ3v) is 6.18. The Labute approximate surface area is 202 Å². The van der Waals surface area contributed by atoms with E-state index in [-0.39, 0.29) is 17.3 Å². The second-order valence-corrected chi connectivity index (χ2v) is 9.42. The van der Waals surface area contributed by atoms with Crippen molar-refractivity contribution in [3.8, 4) is 11.3 Å². The Morgan fingerprint density at radius 2 is 1.86 bits per heavy atom. The molecule has 0 fully saturated rings. The molecule has 10 nitrogen and oxygen atoms in total. The Morgan fingerprint density at radius 1 is 1.14 bits per heavy atom. The van der Waals surface area contributed by atoms with Gasteiger partial charge in [-0.15, -0.1) is 0 Å². The van der Waals surface area contributed by atoms with Crippen molar-refractivity contribution in [1.29, 1.82) is 0 Å². The van der Waals surface area contributed by atoms with Gasteiger partial charge in [0.1, 0.15) is 5.69 Å². The van der Waals surface area contributed by atoms with Gasteiger partial charge in [-0.2, -0.15) is 0 Å². The summed E-state index contributed by atoms with van der Waals surface area (Å²) in [5, 5.41) is 21.1. The van der Waals surface area contributed by atoms with Crippen molar-refractivity contribution >= 4 is 27.6 Å². The van der Waals surface area contributed by atoms with Crippen LogP contribution in [-0.4, -0.2) is 40.9 Å². The minimum atomic E-state index is -3.78. The first-order chi connectivity index (χ1) is 16.7. The van der Waals surface area contributed by atoms with Gasteiger partial charge in [0, 0.05) is 30.2 Å². The van der Waals surface area contributed by atoms with Crippen LogP contribution in [0.5, 0.6) is 0 Å². The SMILES string of the molecule is Cc1cnc(Nc2ccc(S(N)(=O)=O)cc2)nc1-c1c[nH]c(C(=O)NCC(O)c2ccccc2)c1. The number of aliphatic hydroxyl groups excluding tert-OH is 1. The number of carbonyl (C=O) groups excluding carboxylic acids is 1. The first-order valence-corrected chi connectivity index (χ1v) is 12.2. The topological polar surface area (TPSA) is 163 Å². The number of aromatic amines is 1. The maximum Gasteiger partial charge on any atom is 0.267 e. The molecule has 2 aromatic heterocycles. The molecular formula is C24H24N6O4S. The van der Waals surface area contributed by atoms with E-state index in [1.807, 2.05) is 25.1 Å². The summed E-state index contributed by atoms with van der Waals surface area (Å²) in [6, 6.07) is 16.7. The maximum atomic E-state index is 12.6. The smallest absolute Gasteiger partial charge is 0.267 e. The van der Waals surface area contributed by atoms with Crippen LogP contribution < -0.4 is 15.8 Å². The van der Waals surface area contributed by atoms with Gasteiger partial charge in [-0.3, -0.25) is 4.79 Å². The summed E-state index contributed by atoms with van der Waals surface area (Å²) < 4.78 is 22.8. The molecule has 4 rings (SSSR count). The normalized spacial score (nSPS) is 12.2. The molecule has 35 heavy (non-hydrogen) atoms. The fraction of sp³-hybridized carbons (Fsp3) is 0.125. The van der Waals surface area contributed by atoms with Crippen LogP contribution in [-0.2, 0) is 10.0 Å². The quantitative estimate of drug-likeness (QED) is 0.252. The van der Waals surface area contributed by atoms with E-state index in [1.54, 1.807) is 42.7 Å². The molecule has 180 valence electrons. The summed E-state index contributed by atoms with van der Waals surface area (Å²) in [5.41, 5.74) is 3.72. The molecular weight excluding hydrogens is 468 g/mol. The molecule has 2 heterocycles. The van der Waals surface area contributed by atoms with Gasteiger partial charge >= 0.3 is 0 Å². The molecule has 0 aliphatic carbocycles. The summed E-state index contributed by atoms with van der Waals surface area (Å²) in [6.45, 7) is 1.92. The minimum absolute atomic E-state index is 0.00276. The average molecular weight is 493 g/mol. The standard InChI is InChI=1S/C24H24N6O4S/c1-15-12-28-24(29-18-7-9-19(10-8-18)35(25,33)34)30-22(15)17-11-20(26-13-17)23(32)27-14-21(31)16-5-3-2-4-6-16/h2-13,21,26,31H,14H2,1H3,(H,27,32)(H2,25,33,34)(H,28,29,30). The van der Waals surface area contributed by atoms with E-state index in [1.165, 1.54) is 12.1 Å². The number of carbonyl (C=O) groups is 1. The molecule has 1 atom stereocenters. The number of nitrogens with zero attached hydrogens (tertiary/aromatic N) is 2. The third kappa shape index (κ3) is 5.90. The number of aliphatic hydroxyl groups is 1. The Kier molecular flexibility index (Phi) is 6.92. The Hall–Kier alpha value is -4.06. The van der Waals surface area contributed by atoms with Gasteiger partial charge in [-0.25, -0.2) is 23.5 Å². The second kappa shape index (κ2) is 10.1.